The van der Waals surface area contributed by atoms with Crippen molar-refractivity contribution in [2.45, 2.75) is 6.04 Å². The largest absolute Gasteiger partial charge is 0.176 e. The molecule has 0 atom stereocenters. The predicted molar refractivity (Wildman–Crippen MR) is 103 cm³/mol. The summed E-state index contributed by atoms with van der Waals surface area (Å²) >= 11 is 0. The molecule has 0 heterocycles. The van der Waals surface area contributed by atoms with Crippen molar-refractivity contribution < 1.29 is 0 Å². The smallest absolute Gasteiger partial charge is 0.121 e. The van der Waals surface area contributed by atoms with Gasteiger partial charge in [-0.05, 0) is 22.6 Å². The van der Waals surface area contributed by atoms with Crippen LogP contribution in [0.3, 0.4) is 0 Å². The number of fused-ring (bicyclic) bond motifs is 1. The number of rotatable bonds is 4. The maximum Gasteiger partial charge on any atom is 0.121 e. The summed E-state index contributed by atoms with van der Waals surface area (Å²) in [6.07, 6.45) is 0. The van der Waals surface area contributed by atoms with E-state index < -0.39 is 0 Å². The second-order valence-electron chi connectivity index (χ2n) is 5.94. The van der Waals surface area contributed by atoms with Gasteiger partial charge in [-0.2, -0.15) is 10.2 Å². The Balaban J connectivity index is 1.77. The third-order valence-electron chi connectivity index (χ3n) is 4.28. The Morgan fingerprint density at radius 1 is 0.520 bits per heavy atom. The molecule has 0 N–H and O–H groups in total. The van der Waals surface area contributed by atoms with Gasteiger partial charge in [0.2, 0.25) is 0 Å². The van der Waals surface area contributed by atoms with Crippen molar-refractivity contribution in [3.05, 3.63) is 114 Å². The predicted octanol–water partition coefficient (Wildman–Crippen LogP) is 6.71. The molecule has 4 aromatic carbocycles. The molecule has 0 saturated heterocycles. The second-order valence-corrected chi connectivity index (χ2v) is 5.94. The van der Waals surface area contributed by atoms with Gasteiger partial charge >= 0.3 is 0 Å². The van der Waals surface area contributed by atoms with E-state index in [1.165, 1.54) is 5.39 Å². The van der Waals surface area contributed by atoms with Gasteiger partial charge in [-0.15, -0.1) is 0 Å². The zero-order valence-electron chi connectivity index (χ0n) is 13.8. The van der Waals surface area contributed by atoms with E-state index in [1.54, 1.807) is 0 Å². The molecular weight excluding hydrogens is 304 g/mol. The minimum absolute atomic E-state index is 0.110. The summed E-state index contributed by atoms with van der Waals surface area (Å²) in [5, 5.41) is 11.6. The summed E-state index contributed by atoms with van der Waals surface area (Å²) in [5.41, 5.74) is 3.17. The van der Waals surface area contributed by atoms with Crippen LogP contribution in [0, 0.1) is 0 Å². The van der Waals surface area contributed by atoms with E-state index >= 15 is 0 Å². The molecular formula is C23H18N2. The zero-order chi connectivity index (χ0) is 16.9. The lowest BCUT2D eigenvalue weighted by atomic mass is 10.00. The van der Waals surface area contributed by atoms with E-state index in [0.717, 1.165) is 22.2 Å². The van der Waals surface area contributed by atoms with Crippen molar-refractivity contribution in [2.75, 3.05) is 0 Å². The lowest BCUT2D eigenvalue weighted by molar-refractivity contribution is 0.810. The van der Waals surface area contributed by atoms with Crippen LogP contribution in [0.2, 0.25) is 0 Å². The Morgan fingerprint density at radius 2 is 1.08 bits per heavy atom. The first kappa shape index (κ1) is 15.3. The van der Waals surface area contributed by atoms with Gasteiger partial charge in [-0.25, -0.2) is 0 Å². The SMILES string of the molecule is c1ccc(C(N=Nc2cccc3ccccc23)c2ccccc2)cc1. The molecule has 0 aromatic heterocycles. The molecule has 0 amide bonds. The van der Waals surface area contributed by atoms with Crippen LogP contribution in [-0.4, -0.2) is 0 Å². The molecule has 4 rings (SSSR count). The minimum Gasteiger partial charge on any atom is -0.176 e. The topological polar surface area (TPSA) is 24.7 Å². The molecule has 0 unspecified atom stereocenters. The van der Waals surface area contributed by atoms with Gasteiger partial charge in [-0.3, -0.25) is 0 Å². The van der Waals surface area contributed by atoms with E-state index in [4.69, 9.17) is 5.11 Å². The fourth-order valence-electron chi connectivity index (χ4n) is 3.01. The first-order chi connectivity index (χ1) is 12.4. The molecule has 2 nitrogen and oxygen atoms in total. The van der Waals surface area contributed by atoms with Crippen LogP contribution in [-0.2, 0) is 0 Å². The van der Waals surface area contributed by atoms with Crippen LogP contribution in [0.15, 0.2) is 113 Å². The highest BCUT2D eigenvalue weighted by Crippen LogP contribution is 2.30. The number of hydrogen-bond donors (Lipinski definition) is 0. The summed E-state index contributed by atoms with van der Waals surface area (Å²) in [7, 11) is 0. The molecule has 0 aliphatic rings. The van der Waals surface area contributed by atoms with E-state index in [0.29, 0.717) is 0 Å². The minimum atomic E-state index is -0.110. The highest BCUT2D eigenvalue weighted by molar-refractivity contribution is 5.92. The van der Waals surface area contributed by atoms with Gasteiger partial charge in [0.1, 0.15) is 6.04 Å². The van der Waals surface area contributed by atoms with Crippen molar-refractivity contribution in [2.24, 2.45) is 10.2 Å². The lowest BCUT2D eigenvalue weighted by Gasteiger charge is -2.12. The Bertz CT molecular complexity index is 947. The Labute approximate surface area is 147 Å². The monoisotopic (exact) mass is 322 g/mol. The number of nitrogens with zero attached hydrogens (tertiary/aromatic N) is 2. The summed E-state index contributed by atoms with van der Waals surface area (Å²) in [4.78, 5) is 0. The molecule has 0 spiro atoms. The molecule has 120 valence electrons. The maximum absolute atomic E-state index is 4.71. The van der Waals surface area contributed by atoms with E-state index in [2.05, 4.69) is 47.6 Å². The van der Waals surface area contributed by atoms with Crippen LogP contribution >= 0.6 is 0 Å². The molecule has 0 aliphatic heterocycles. The fourth-order valence-corrected chi connectivity index (χ4v) is 3.01. The van der Waals surface area contributed by atoms with E-state index in [-0.39, 0.29) is 6.04 Å². The average Bonchev–Trinajstić information content (AvgIpc) is 2.70. The quantitative estimate of drug-likeness (QED) is 0.373. The van der Waals surface area contributed by atoms with Crippen LogP contribution in [0.4, 0.5) is 5.69 Å². The third kappa shape index (κ3) is 3.33. The van der Waals surface area contributed by atoms with Gasteiger partial charge in [0.05, 0.1) is 5.69 Å². The Hall–Kier alpha value is -3.26. The zero-order valence-corrected chi connectivity index (χ0v) is 13.8. The Morgan fingerprint density at radius 3 is 1.76 bits per heavy atom. The first-order valence-corrected chi connectivity index (χ1v) is 8.40. The van der Waals surface area contributed by atoms with Crippen molar-refractivity contribution in [1.29, 1.82) is 0 Å². The third-order valence-corrected chi connectivity index (χ3v) is 4.28. The van der Waals surface area contributed by atoms with Crippen LogP contribution in [0.5, 0.6) is 0 Å². The molecule has 0 bridgehead atoms. The highest BCUT2D eigenvalue weighted by Gasteiger charge is 2.12. The summed E-state index contributed by atoms with van der Waals surface area (Å²) in [5.74, 6) is 0. The normalized spacial score (nSPS) is 11.4. The van der Waals surface area contributed by atoms with Crippen molar-refractivity contribution in [3.8, 4) is 0 Å². The second kappa shape index (κ2) is 7.10. The number of benzene rings is 4. The number of azo groups is 1. The van der Waals surface area contributed by atoms with Gasteiger partial charge in [0, 0.05) is 5.39 Å². The number of hydrogen-bond acceptors (Lipinski definition) is 2. The first-order valence-electron chi connectivity index (χ1n) is 8.40. The molecule has 0 saturated carbocycles. The van der Waals surface area contributed by atoms with E-state index in [1.807, 2.05) is 60.7 Å². The molecule has 0 aliphatic carbocycles. The average molecular weight is 322 g/mol. The van der Waals surface area contributed by atoms with Gasteiger partial charge in [0.15, 0.2) is 0 Å². The van der Waals surface area contributed by atoms with Gasteiger partial charge in [-0.1, -0.05) is 97.1 Å². The summed E-state index contributed by atoms with van der Waals surface area (Å²) in [6, 6.07) is 34.9. The standard InChI is InChI=1S/C23H18N2/c1-3-11-19(12-4-1)23(20-13-5-2-6-14-20)25-24-22-17-9-15-18-10-7-8-16-21(18)22/h1-17,23H. The fraction of sp³-hybridized carbons (Fsp3) is 0.0435. The van der Waals surface area contributed by atoms with Crippen LogP contribution in [0.25, 0.3) is 10.8 Å². The summed E-state index contributed by atoms with van der Waals surface area (Å²) in [6.45, 7) is 0. The Kier molecular flexibility index (Phi) is 4.34. The summed E-state index contributed by atoms with van der Waals surface area (Å²) < 4.78 is 0. The van der Waals surface area contributed by atoms with Crippen molar-refractivity contribution >= 4 is 16.5 Å². The van der Waals surface area contributed by atoms with Gasteiger partial charge < -0.3 is 0 Å². The molecule has 0 radical (unpaired) electrons. The van der Waals surface area contributed by atoms with E-state index in [9.17, 15) is 0 Å². The maximum atomic E-state index is 4.71. The van der Waals surface area contributed by atoms with Crippen molar-refractivity contribution in [1.82, 2.24) is 0 Å². The molecule has 0 fully saturated rings. The highest BCUT2D eigenvalue weighted by atomic mass is 15.1. The van der Waals surface area contributed by atoms with Crippen LogP contribution < -0.4 is 0 Å². The molecule has 25 heavy (non-hydrogen) atoms. The molecule has 4 aromatic rings. The van der Waals surface area contributed by atoms with Crippen molar-refractivity contribution in [3.63, 3.8) is 0 Å². The van der Waals surface area contributed by atoms with Crippen LogP contribution in [0.1, 0.15) is 17.2 Å². The lowest BCUT2D eigenvalue weighted by Crippen LogP contribution is -1.96. The van der Waals surface area contributed by atoms with Gasteiger partial charge in [0.25, 0.3) is 0 Å². The molecule has 2 heteroatoms.